The Morgan fingerprint density at radius 3 is 2.77 bits per heavy atom. The highest BCUT2D eigenvalue weighted by Gasteiger charge is 2.18. The Bertz CT molecular complexity index is 776. The molecule has 0 aliphatic carbocycles. The van der Waals surface area contributed by atoms with Crippen LogP contribution in [0.5, 0.6) is 0 Å². The molecule has 1 amide bonds. The van der Waals surface area contributed by atoms with Gasteiger partial charge in [0.05, 0.1) is 16.1 Å². The third kappa shape index (κ3) is 2.84. The second kappa shape index (κ2) is 6.41. The van der Waals surface area contributed by atoms with Crippen LogP contribution in [0.25, 0.3) is 16.3 Å². The summed E-state index contributed by atoms with van der Waals surface area (Å²) < 4.78 is 1.73. The number of thiophene rings is 1. The SMILES string of the molecule is C=CCNC(=O)c1cn(-c2ccccc2)nc1-c1cccs1. The zero-order chi connectivity index (χ0) is 15.4. The van der Waals surface area contributed by atoms with Gasteiger partial charge >= 0.3 is 0 Å². The summed E-state index contributed by atoms with van der Waals surface area (Å²) >= 11 is 1.56. The predicted molar refractivity (Wildman–Crippen MR) is 89.4 cm³/mol. The van der Waals surface area contributed by atoms with E-state index in [0.717, 1.165) is 10.6 Å². The number of nitrogens with zero attached hydrogens (tertiary/aromatic N) is 2. The molecule has 1 aromatic carbocycles. The molecule has 0 aliphatic heterocycles. The van der Waals surface area contributed by atoms with Gasteiger partial charge < -0.3 is 5.32 Å². The lowest BCUT2D eigenvalue weighted by molar-refractivity contribution is 0.0958. The monoisotopic (exact) mass is 309 g/mol. The van der Waals surface area contributed by atoms with Crippen molar-refractivity contribution >= 4 is 17.2 Å². The molecule has 0 saturated heterocycles. The van der Waals surface area contributed by atoms with E-state index in [1.165, 1.54) is 0 Å². The van der Waals surface area contributed by atoms with Crippen molar-refractivity contribution < 1.29 is 4.79 Å². The Morgan fingerprint density at radius 2 is 2.09 bits per heavy atom. The van der Waals surface area contributed by atoms with Gasteiger partial charge in [-0.05, 0) is 23.6 Å². The van der Waals surface area contributed by atoms with Crippen LogP contribution in [0.2, 0.25) is 0 Å². The van der Waals surface area contributed by atoms with Crippen LogP contribution in [0.3, 0.4) is 0 Å². The van der Waals surface area contributed by atoms with E-state index in [0.29, 0.717) is 17.8 Å². The molecule has 0 fully saturated rings. The second-order valence-corrected chi connectivity index (χ2v) is 5.60. The number of benzene rings is 1. The summed E-state index contributed by atoms with van der Waals surface area (Å²) in [6, 6.07) is 13.7. The fourth-order valence-electron chi connectivity index (χ4n) is 2.11. The Balaban J connectivity index is 2.05. The average Bonchev–Trinajstić information content (AvgIpc) is 3.22. The van der Waals surface area contributed by atoms with Gasteiger partial charge in [-0.25, -0.2) is 4.68 Å². The minimum absolute atomic E-state index is 0.148. The van der Waals surface area contributed by atoms with E-state index < -0.39 is 0 Å². The van der Waals surface area contributed by atoms with Crippen LogP contribution in [0.15, 0.2) is 66.7 Å². The molecule has 0 atom stereocenters. The number of rotatable bonds is 5. The number of nitrogens with one attached hydrogen (secondary N) is 1. The van der Waals surface area contributed by atoms with Gasteiger partial charge in [0.2, 0.25) is 0 Å². The minimum Gasteiger partial charge on any atom is -0.348 e. The van der Waals surface area contributed by atoms with Gasteiger partial charge in [-0.15, -0.1) is 17.9 Å². The number of aromatic nitrogens is 2. The second-order valence-electron chi connectivity index (χ2n) is 4.65. The van der Waals surface area contributed by atoms with Gasteiger partial charge in [0.25, 0.3) is 5.91 Å². The van der Waals surface area contributed by atoms with Crippen LogP contribution in [-0.2, 0) is 0 Å². The Kier molecular flexibility index (Phi) is 4.16. The Labute approximate surface area is 132 Å². The molecule has 2 aromatic heterocycles. The number of hydrogen-bond acceptors (Lipinski definition) is 3. The summed E-state index contributed by atoms with van der Waals surface area (Å²) in [5, 5.41) is 9.38. The molecule has 0 spiro atoms. The maximum absolute atomic E-state index is 12.4. The molecule has 5 heteroatoms. The normalized spacial score (nSPS) is 10.4. The maximum atomic E-state index is 12.4. The van der Waals surface area contributed by atoms with Crippen molar-refractivity contribution in [2.45, 2.75) is 0 Å². The van der Waals surface area contributed by atoms with E-state index in [1.54, 1.807) is 28.3 Å². The third-order valence-corrected chi connectivity index (χ3v) is 4.02. The molecular formula is C17H15N3OS. The predicted octanol–water partition coefficient (Wildman–Crippen LogP) is 3.52. The molecule has 0 aliphatic rings. The first-order chi connectivity index (χ1) is 10.8. The van der Waals surface area contributed by atoms with Gasteiger partial charge in [-0.1, -0.05) is 30.3 Å². The lowest BCUT2D eigenvalue weighted by Gasteiger charge is -2.00. The molecule has 4 nitrogen and oxygen atoms in total. The minimum atomic E-state index is -0.148. The van der Waals surface area contributed by atoms with Gasteiger partial charge in [-0.3, -0.25) is 4.79 Å². The number of para-hydroxylation sites is 1. The zero-order valence-electron chi connectivity index (χ0n) is 11.9. The first-order valence-electron chi connectivity index (χ1n) is 6.87. The smallest absolute Gasteiger partial charge is 0.255 e. The highest BCUT2D eigenvalue weighted by atomic mass is 32.1. The van der Waals surface area contributed by atoms with E-state index in [-0.39, 0.29) is 5.91 Å². The molecule has 0 saturated carbocycles. The zero-order valence-corrected chi connectivity index (χ0v) is 12.7. The van der Waals surface area contributed by atoms with E-state index in [9.17, 15) is 4.79 Å². The lowest BCUT2D eigenvalue weighted by Crippen LogP contribution is -2.23. The van der Waals surface area contributed by atoms with Gasteiger partial charge in [0, 0.05) is 12.7 Å². The largest absolute Gasteiger partial charge is 0.348 e. The summed E-state index contributed by atoms with van der Waals surface area (Å²) in [5.41, 5.74) is 2.18. The van der Waals surface area contributed by atoms with Crippen LogP contribution in [-0.4, -0.2) is 22.2 Å². The van der Waals surface area contributed by atoms with Crippen LogP contribution in [0.4, 0.5) is 0 Å². The number of hydrogen-bond donors (Lipinski definition) is 1. The molecule has 110 valence electrons. The van der Waals surface area contributed by atoms with Crippen molar-refractivity contribution in [1.82, 2.24) is 15.1 Å². The standard InChI is InChI=1S/C17H15N3OS/c1-2-10-18-17(21)14-12-20(13-7-4-3-5-8-13)19-16(14)15-9-6-11-22-15/h2-9,11-12H,1,10H2,(H,18,21). The van der Waals surface area contributed by atoms with Gasteiger partial charge in [-0.2, -0.15) is 5.10 Å². The van der Waals surface area contributed by atoms with Crippen LogP contribution < -0.4 is 5.32 Å². The summed E-state index contributed by atoms with van der Waals surface area (Å²) in [6.45, 7) is 4.05. The Morgan fingerprint density at radius 1 is 1.27 bits per heavy atom. The van der Waals surface area contributed by atoms with E-state index in [4.69, 9.17) is 0 Å². The van der Waals surface area contributed by atoms with Crippen molar-refractivity contribution in [3.05, 3.63) is 72.3 Å². The fourth-order valence-corrected chi connectivity index (χ4v) is 2.83. The van der Waals surface area contributed by atoms with Crippen molar-refractivity contribution in [1.29, 1.82) is 0 Å². The summed E-state index contributed by atoms with van der Waals surface area (Å²) in [6.07, 6.45) is 3.42. The molecule has 1 N–H and O–H groups in total. The molecule has 0 bridgehead atoms. The van der Waals surface area contributed by atoms with Crippen LogP contribution >= 0.6 is 11.3 Å². The summed E-state index contributed by atoms with van der Waals surface area (Å²) in [7, 11) is 0. The molecule has 0 unspecified atom stereocenters. The van der Waals surface area contributed by atoms with Crippen LogP contribution in [0.1, 0.15) is 10.4 Å². The summed E-state index contributed by atoms with van der Waals surface area (Å²) in [5.74, 6) is -0.148. The number of amides is 1. The molecule has 22 heavy (non-hydrogen) atoms. The molecule has 3 rings (SSSR count). The highest BCUT2D eigenvalue weighted by Crippen LogP contribution is 2.27. The highest BCUT2D eigenvalue weighted by molar-refractivity contribution is 7.13. The molecule has 0 radical (unpaired) electrons. The van der Waals surface area contributed by atoms with E-state index in [2.05, 4.69) is 17.0 Å². The fraction of sp³-hybridized carbons (Fsp3) is 0.0588. The average molecular weight is 309 g/mol. The first-order valence-corrected chi connectivity index (χ1v) is 7.75. The molecule has 3 aromatic rings. The number of carbonyl (C=O) groups excluding carboxylic acids is 1. The van der Waals surface area contributed by atoms with Gasteiger partial charge in [0.15, 0.2) is 0 Å². The molecule has 2 heterocycles. The summed E-state index contributed by atoms with van der Waals surface area (Å²) in [4.78, 5) is 13.3. The van der Waals surface area contributed by atoms with E-state index >= 15 is 0 Å². The quantitative estimate of drug-likeness (QED) is 0.733. The maximum Gasteiger partial charge on any atom is 0.255 e. The van der Waals surface area contributed by atoms with Crippen molar-refractivity contribution in [2.75, 3.05) is 6.54 Å². The topological polar surface area (TPSA) is 46.9 Å². The lowest BCUT2D eigenvalue weighted by atomic mass is 10.2. The third-order valence-electron chi connectivity index (χ3n) is 3.14. The van der Waals surface area contributed by atoms with Crippen molar-refractivity contribution in [3.63, 3.8) is 0 Å². The van der Waals surface area contributed by atoms with E-state index in [1.807, 2.05) is 47.8 Å². The van der Waals surface area contributed by atoms with Crippen molar-refractivity contribution in [3.8, 4) is 16.3 Å². The Hall–Kier alpha value is -2.66. The number of carbonyl (C=O) groups is 1. The first kappa shape index (κ1) is 14.3. The van der Waals surface area contributed by atoms with Gasteiger partial charge in [0.1, 0.15) is 5.69 Å². The molecular weight excluding hydrogens is 294 g/mol. The van der Waals surface area contributed by atoms with Crippen LogP contribution in [0, 0.1) is 0 Å². The van der Waals surface area contributed by atoms with Crippen molar-refractivity contribution in [2.24, 2.45) is 0 Å².